The predicted octanol–water partition coefficient (Wildman–Crippen LogP) is 3.58. The van der Waals surface area contributed by atoms with Crippen molar-refractivity contribution in [3.05, 3.63) is 40.9 Å². The minimum atomic E-state index is -0.454. The van der Waals surface area contributed by atoms with Crippen LogP contribution in [0.4, 0.5) is 11.4 Å². The number of hydrogen-bond donors (Lipinski definition) is 2. The summed E-state index contributed by atoms with van der Waals surface area (Å²) in [6, 6.07) is 7.94. The van der Waals surface area contributed by atoms with Gasteiger partial charge in [0.2, 0.25) is 5.91 Å². The van der Waals surface area contributed by atoms with Crippen LogP contribution in [0.2, 0.25) is 5.02 Å². The molecule has 26 heavy (non-hydrogen) atoms. The second kappa shape index (κ2) is 8.44. The molecule has 0 fully saturated rings. The summed E-state index contributed by atoms with van der Waals surface area (Å²) in [5.74, 6) is 0.556. The van der Waals surface area contributed by atoms with Crippen LogP contribution in [0.3, 0.4) is 0 Å². The highest BCUT2D eigenvalue weighted by Gasteiger charge is 2.18. The number of methoxy groups -OCH3 is 3. The molecule has 2 rings (SSSR count). The Bertz CT molecular complexity index is 839. The zero-order chi connectivity index (χ0) is 19.3. The van der Waals surface area contributed by atoms with E-state index in [0.29, 0.717) is 22.9 Å². The Morgan fingerprint density at radius 3 is 2.15 bits per heavy atom. The lowest BCUT2D eigenvalue weighted by molar-refractivity contribution is -0.114. The number of ether oxygens (including phenoxy) is 3. The number of hydrogen-bond acceptors (Lipinski definition) is 5. The SMILES string of the molecule is COc1ccc(OC)c(NC(=O)c2cc(Cl)c(NC(C)=O)cc2OC)c1. The van der Waals surface area contributed by atoms with E-state index in [2.05, 4.69) is 10.6 Å². The average molecular weight is 379 g/mol. The first-order valence-electron chi connectivity index (χ1n) is 7.58. The third-order valence-corrected chi connectivity index (χ3v) is 3.81. The van der Waals surface area contributed by atoms with Gasteiger partial charge in [0.1, 0.15) is 17.2 Å². The Kier molecular flexibility index (Phi) is 6.30. The summed E-state index contributed by atoms with van der Waals surface area (Å²) < 4.78 is 15.7. The van der Waals surface area contributed by atoms with Gasteiger partial charge >= 0.3 is 0 Å². The molecular weight excluding hydrogens is 360 g/mol. The number of rotatable bonds is 6. The molecule has 0 aliphatic carbocycles. The maximum absolute atomic E-state index is 12.7. The van der Waals surface area contributed by atoms with Crippen molar-refractivity contribution in [2.45, 2.75) is 6.92 Å². The van der Waals surface area contributed by atoms with E-state index in [1.54, 1.807) is 18.2 Å². The highest BCUT2D eigenvalue weighted by molar-refractivity contribution is 6.34. The summed E-state index contributed by atoms with van der Waals surface area (Å²) in [7, 11) is 4.44. The van der Waals surface area contributed by atoms with Crippen LogP contribution in [-0.2, 0) is 4.79 Å². The Labute approximate surface area is 156 Å². The molecule has 138 valence electrons. The minimum absolute atomic E-state index is 0.205. The molecule has 0 aromatic heterocycles. The second-order valence-corrected chi connectivity index (χ2v) is 5.64. The molecule has 0 bridgehead atoms. The topological polar surface area (TPSA) is 85.9 Å². The van der Waals surface area contributed by atoms with Crippen molar-refractivity contribution in [3.63, 3.8) is 0 Å². The Balaban J connectivity index is 2.38. The molecule has 0 spiro atoms. The smallest absolute Gasteiger partial charge is 0.259 e. The summed E-state index contributed by atoms with van der Waals surface area (Å²) in [6.45, 7) is 1.36. The van der Waals surface area contributed by atoms with Crippen molar-refractivity contribution in [2.75, 3.05) is 32.0 Å². The zero-order valence-electron chi connectivity index (χ0n) is 14.8. The number of amides is 2. The number of halogens is 1. The second-order valence-electron chi connectivity index (χ2n) is 5.23. The van der Waals surface area contributed by atoms with Crippen LogP contribution in [0.1, 0.15) is 17.3 Å². The normalized spacial score (nSPS) is 10.0. The minimum Gasteiger partial charge on any atom is -0.497 e. The van der Waals surface area contributed by atoms with Crippen LogP contribution in [0.15, 0.2) is 30.3 Å². The van der Waals surface area contributed by atoms with E-state index in [9.17, 15) is 9.59 Å². The maximum atomic E-state index is 12.7. The lowest BCUT2D eigenvalue weighted by atomic mass is 10.1. The largest absolute Gasteiger partial charge is 0.497 e. The van der Waals surface area contributed by atoms with Gasteiger partial charge in [0.15, 0.2) is 0 Å². The number of carbonyl (C=O) groups excluding carboxylic acids is 2. The molecule has 7 nitrogen and oxygen atoms in total. The Morgan fingerprint density at radius 1 is 0.885 bits per heavy atom. The fourth-order valence-corrected chi connectivity index (χ4v) is 2.50. The van der Waals surface area contributed by atoms with Crippen molar-refractivity contribution in [3.8, 4) is 17.2 Å². The van der Waals surface area contributed by atoms with Crippen molar-refractivity contribution >= 4 is 34.8 Å². The third kappa shape index (κ3) is 4.37. The van der Waals surface area contributed by atoms with Gasteiger partial charge in [0.05, 0.1) is 43.3 Å². The molecule has 0 saturated carbocycles. The van der Waals surface area contributed by atoms with E-state index >= 15 is 0 Å². The van der Waals surface area contributed by atoms with Crippen LogP contribution >= 0.6 is 11.6 Å². The standard InChI is InChI=1S/C18H19ClN2O5/c1-10(22)20-14-9-17(26-4)12(8-13(14)19)18(23)21-15-7-11(24-2)5-6-16(15)25-3/h5-9H,1-4H3,(H,20,22)(H,21,23). The number of benzene rings is 2. The summed E-state index contributed by atoms with van der Waals surface area (Å²) in [4.78, 5) is 24.0. The first kappa shape index (κ1) is 19.4. The number of anilines is 2. The van der Waals surface area contributed by atoms with Crippen LogP contribution in [0.5, 0.6) is 17.2 Å². The zero-order valence-corrected chi connectivity index (χ0v) is 15.6. The fourth-order valence-electron chi connectivity index (χ4n) is 2.29. The maximum Gasteiger partial charge on any atom is 0.259 e. The number of nitrogens with one attached hydrogen (secondary N) is 2. The molecule has 0 heterocycles. The van der Waals surface area contributed by atoms with E-state index < -0.39 is 5.91 Å². The van der Waals surface area contributed by atoms with Gasteiger partial charge in [-0.2, -0.15) is 0 Å². The lowest BCUT2D eigenvalue weighted by Crippen LogP contribution is -2.15. The van der Waals surface area contributed by atoms with E-state index in [-0.39, 0.29) is 22.2 Å². The molecule has 2 aromatic rings. The first-order valence-corrected chi connectivity index (χ1v) is 7.96. The van der Waals surface area contributed by atoms with Gasteiger partial charge in [-0.15, -0.1) is 0 Å². The molecule has 2 N–H and O–H groups in total. The van der Waals surface area contributed by atoms with Gasteiger partial charge < -0.3 is 24.8 Å². The van der Waals surface area contributed by atoms with Crippen LogP contribution in [-0.4, -0.2) is 33.1 Å². The van der Waals surface area contributed by atoms with Crippen molar-refractivity contribution in [1.82, 2.24) is 0 Å². The third-order valence-electron chi connectivity index (χ3n) is 3.50. The molecular formula is C18H19ClN2O5. The molecule has 8 heteroatoms. The van der Waals surface area contributed by atoms with E-state index in [1.165, 1.54) is 40.4 Å². The predicted molar refractivity (Wildman–Crippen MR) is 99.8 cm³/mol. The van der Waals surface area contributed by atoms with Crippen molar-refractivity contribution in [1.29, 1.82) is 0 Å². The molecule has 0 saturated heterocycles. The molecule has 2 aromatic carbocycles. The monoisotopic (exact) mass is 378 g/mol. The van der Waals surface area contributed by atoms with Gasteiger partial charge in [-0.05, 0) is 18.2 Å². The van der Waals surface area contributed by atoms with Crippen LogP contribution in [0, 0.1) is 0 Å². The summed E-state index contributed by atoms with van der Waals surface area (Å²) in [5.41, 5.74) is 0.990. The molecule has 0 atom stereocenters. The van der Waals surface area contributed by atoms with Crippen molar-refractivity contribution in [2.24, 2.45) is 0 Å². The molecule has 2 amide bonds. The molecule has 0 aliphatic rings. The highest BCUT2D eigenvalue weighted by atomic mass is 35.5. The van der Waals surface area contributed by atoms with Gasteiger partial charge in [-0.1, -0.05) is 11.6 Å². The van der Waals surface area contributed by atoms with Gasteiger partial charge in [0, 0.05) is 19.1 Å². The van der Waals surface area contributed by atoms with E-state index in [0.717, 1.165) is 0 Å². The molecule has 0 radical (unpaired) electrons. The lowest BCUT2D eigenvalue weighted by Gasteiger charge is -2.15. The van der Waals surface area contributed by atoms with Gasteiger partial charge in [-0.3, -0.25) is 9.59 Å². The average Bonchev–Trinajstić information content (AvgIpc) is 2.62. The number of carbonyl (C=O) groups is 2. The summed E-state index contributed by atoms with van der Waals surface area (Å²) in [5, 5.41) is 5.53. The van der Waals surface area contributed by atoms with Crippen LogP contribution in [0.25, 0.3) is 0 Å². The van der Waals surface area contributed by atoms with Gasteiger partial charge in [0.25, 0.3) is 5.91 Å². The quantitative estimate of drug-likeness (QED) is 0.802. The molecule has 0 unspecified atom stereocenters. The van der Waals surface area contributed by atoms with E-state index in [1.807, 2.05) is 0 Å². The van der Waals surface area contributed by atoms with Crippen molar-refractivity contribution < 1.29 is 23.8 Å². The first-order chi connectivity index (χ1) is 12.4. The van der Waals surface area contributed by atoms with E-state index in [4.69, 9.17) is 25.8 Å². The Hall–Kier alpha value is -2.93. The fraction of sp³-hybridized carbons (Fsp3) is 0.222. The molecule has 0 aliphatic heterocycles. The van der Waals surface area contributed by atoms with Gasteiger partial charge in [-0.25, -0.2) is 0 Å². The van der Waals surface area contributed by atoms with Crippen LogP contribution < -0.4 is 24.8 Å². The summed E-state index contributed by atoms with van der Waals surface area (Å²) in [6.07, 6.45) is 0. The Morgan fingerprint density at radius 2 is 1.58 bits per heavy atom. The highest BCUT2D eigenvalue weighted by Crippen LogP contribution is 2.33. The summed E-state index contributed by atoms with van der Waals surface area (Å²) >= 11 is 6.16.